The molecule has 0 atom stereocenters. The Morgan fingerprint density at radius 3 is 2.38 bits per heavy atom. The monoisotopic (exact) mass is 379 g/mol. The van der Waals surface area contributed by atoms with E-state index in [1.165, 1.54) is 17.0 Å². The van der Waals surface area contributed by atoms with E-state index in [-0.39, 0.29) is 18.1 Å². The lowest BCUT2D eigenvalue weighted by molar-refractivity contribution is -0.137. The van der Waals surface area contributed by atoms with Gasteiger partial charge in [-0.2, -0.15) is 18.3 Å². The predicted molar refractivity (Wildman–Crippen MR) is 95.5 cm³/mol. The van der Waals surface area contributed by atoms with Crippen LogP contribution < -0.4 is 0 Å². The molecule has 0 aliphatic carbocycles. The zero-order valence-corrected chi connectivity index (χ0v) is 15.0. The van der Waals surface area contributed by atoms with Gasteiger partial charge in [0.1, 0.15) is 0 Å². The van der Waals surface area contributed by atoms with E-state index in [9.17, 15) is 18.0 Å². The molecule has 3 rings (SSSR count). The van der Waals surface area contributed by atoms with Crippen molar-refractivity contribution < 1.29 is 18.0 Å². The van der Waals surface area contributed by atoms with Crippen LogP contribution in [0.3, 0.4) is 0 Å². The van der Waals surface area contributed by atoms with Gasteiger partial charge in [-0.25, -0.2) is 0 Å². The molecule has 0 radical (unpaired) electrons. The zero-order valence-electron chi connectivity index (χ0n) is 14.1. The van der Waals surface area contributed by atoms with Gasteiger partial charge in [-0.1, -0.05) is 12.1 Å². The summed E-state index contributed by atoms with van der Waals surface area (Å²) in [6.07, 6.45) is -4.37. The Morgan fingerprint density at radius 2 is 1.81 bits per heavy atom. The Hall–Kier alpha value is -2.48. The number of alkyl halides is 3. The summed E-state index contributed by atoms with van der Waals surface area (Å²) in [5.41, 5.74) is 0.955. The summed E-state index contributed by atoms with van der Waals surface area (Å²) in [7, 11) is 3.27. The Morgan fingerprint density at radius 1 is 1.15 bits per heavy atom. The molecule has 0 aliphatic rings. The normalized spacial score (nSPS) is 11.8. The Labute approximate surface area is 153 Å². The van der Waals surface area contributed by atoms with Crippen LogP contribution in [0.25, 0.3) is 10.9 Å². The van der Waals surface area contributed by atoms with Crippen LogP contribution in [0.2, 0.25) is 0 Å². The average Bonchev–Trinajstić information content (AvgIpc) is 2.91. The van der Waals surface area contributed by atoms with Gasteiger partial charge in [0.2, 0.25) is 0 Å². The minimum absolute atomic E-state index is 0.250. The molecule has 0 aliphatic heterocycles. The second-order valence-electron chi connectivity index (χ2n) is 6.10. The van der Waals surface area contributed by atoms with Crippen LogP contribution in [0, 0.1) is 0 Å². The van der Waals surface area contributed by atoms with E-state index in [2.05, 4.69) is 17.7 Å². The average molecular weight is 379 g/mol. The molecular formula is C18H16F3N3OS. The molecule has 0 bridgehead atoms. The quantitative estimate of drug-likeness (QED) is 0.696. The molecule has 0 unspecified atom stereocenters. The molecule has 4 nitrogen and oxygen atoms in total. The first-order valence-corrected chi connectivity index (χ1v) is 8.19. The summed E-state index contributed by atoms with van der Waals surface area (Å²) in [6, 6.07) is 10.2. The maximum Gasteiger partial charge on any atom is 0.416 e. The molecule has 0 saturated carbocycles. The first kappa shape index (κ1) is 18.3. The number of fused-ring (bicyclic) bond motifs is 1. The number of aromatic nitrogens is 2. The summed E-state index contributed by atoms with van der Waals surface area (Å²) in [6.45, 7) is 0.251. The second kappa shape index (κ2) is 6.68. The molecule has 2 aromatic carbocycles. The van der Waals surface area contributed by atoms with Crippen LogP contribution in [0.15, 0.2) is 47.4 Å². The molecule has 26 heavy (non-hydrogen) atoms. The maximum atomic E-state index is 12.7. The molecule has 0 N–H and O–H groups in total. The largest absolute Gasteiger partial charge is 0.416 e. The van der Waals surface area contributed by atoms with Crippen LogP contribution in [0.1, 0.15) is 21.6 Å². The van der Waals surface area contributed by atoms with E-state index in [0.717, 1.165) is 12.1 Å². The number of hydrogen-bond donors (Lipinski definition) is 1. The van der Waals surface area contributed by atoms with Crippen molar-refractivity contribution in [1.82, 2.24) is 14.7 Å². The number of halogens is 3. The van der Waals surface area contributed by atoms with Crippen LogP contribution in [0.5, 0.6) is 0 Å². The van der Waals surface area contributed by atoms with Crippen molar-refractivity contribution in [2.75, 3.05) is 14.1 Å². The van der Waals surface area contributed by atoms with Gasteiger partial charge in [0, 0.05) is 24.4 Å². The van der Waals surface area contributed by atoms with Crippen molar-refractivity contribution in [2.45, 2.75) is 17.6 Å². The Balaban J connectivity index is 2.01. The van der Waals surface area contributed by atoms with E-state index in [0.29, 0.717) is 21.4 Å². The molecule has 136 valence electrons. The minimum atomic E-state index is -4.37. The van der Waals surface area contributed by atoms with E-state index >= 15 is 0 Å². The molecule has 0 saturated heterocycles. The van der Waals surface area contributed by atoms with E-state index in [4.69, 9.17) is 0 Å². The highest BCUT2D eigenvalue weighted by molar-refractivity contribution is 7.80. The third kappa shape index (κ3) is 3.55. The second-order valence-corrected chi connectivity index (χ2v) is 6.62. The molecule has 3 aromatic rings. The number of hydrogen-bond acceptors (Lipinski definition) is 3. The van der Waals surface area contributed by atoms with Crippen LogP contribution in [-0.4, -0.2) is 34.7 Å². The van der Waals surface area contributed by atoms with Crippen molar-refractivity contribution in [3.05, 3.63) is 59.3 Å². The third-order valence-electron chi connectivity index (χ3n) is 3.96. The van der Waals surface area contributed by atoms with Gasteiger partial charge in [-0.05, 0) is 35.9 Å². The van der Waals surface area contributed by atoms with Gasteiger partial charge in [0.05, 0.1) is 17.6 Å². The smallest absolute Gasteiger partial charge is 0.343 e. The van der Waals surface area contributed by atoms with Gasteiger partial charge in [0.15, 0.2) is 5.69 Å². The van der Waals surface area contributed by atoms with Gasteiger partial charge in [-0.3, -0.25) is 9.48 Å². The van der Waals surface area contributed by atoms with Crippen molar-refractivity contribution in [2.24, 2.45) is 0 Å². The predicted octanol–water partition coefficient (Wildman–Crippen LogP) is 4.09. The SMILES string of the molecule is CN(C)C(=O)c1nn(Cc2ccc(C(F)(F)F)cc2)c2ccc(S)cc12. The lowest BCUT2D eigenvalue weighted by atomic mass is 10.1. The van der Waals surface area contributed by atoms with Crippen molar-refractivity contribution in [3.8, 4) is 0 Å². The summed E-state index contributed by atoms with van der Waals surface area (Å²) in [5, 5.41) is 5.04. The van der Waals surface area contributed by atoms with Crippen molar-refractivity contribution in [3.63, 3.8) is 0 Å². The minimum Gasteiger partial charge on any atom is -0.343 e. The number of carbonyl (C=O) groups excluding carboxylic acids is 1. The lowest BCUT2D eigenvalue weighted by Crippen LogP contribution is -2.22. The standard InChI is InChI=1S/C18H16F3N3OS/c1-23(2)17(25)16-14-9-13(26)7-8-15(14)24(22-16)10-11-3-5-12(6-4-11)18(19,20)21/h3-9,26H,10H2,1-2H3. The molecule has 8 heteroatoms. The van der Waals surface area contributed by atoms with Gasteiger partial charge in [-0.15, -0.1) is 12.6 Å². The summed E-state index contributed by atoms with van der Waals surface area (Å²) in [5.74, 6) is -0.250. The van der Waals surface area contributed by atoms with Gasteiger partial charge < -0.3 is 4.90 Å². The number of rotatable bonds is 3. The third-order valence-corrected chi connectivity index (χ3v) is 4.23. The van der Waals surface area contributed by atoms with E-state index in [1.807, 2.05) is 0 Å². The number of nitrogens with zero attached hydrogens (tertiary/aromatic N) is 3. The van der Waals surface area contributed by atoms with E-state index < -0.39 is 11.7 Å². The molecular weight excluding hydrogens is 363 g/mol. The fourth-order valence-electron chi connectivity index (χ4n) is 2.63. The first-order chi connectivity index (χ1) is 12.2. The van der Waals surface area contributed by atoms with Gasteiger partial charge in [0.25, 0.3) is 5.91 Å². The zero-order chi connectivity index (χ0) is 19.1. The number of benzene rings is 2. The van der Waals surface area contributed by atoms with Crippen LogP contribution in [0.4, 0.5) is 13.2 Å². The first-order valence-electron chi connectivity index (χ1n) is 7.74. The molecule has 0 spiro atoms. The number of carbonyl (C=O) groups is 1. The van der Waals surface area contributed by atoms with Crippen LogP contribution in [-0.2, 0) is 12.7 Å². The number of thiol groups is 1. The van der Waals surface area contributed by atoms with E-state index in [1.54, 1.807) is 37.0 Å². The van der Waals surface area contributed by atoms with Crippen molar-refractivity contribution in [1.29, 1.82) is 0 Å². The highest BCUT2D eigenvalue weighted by Gasteiger charge is 2.30. The van der Waals surface area contributed by atoms with Gasteiger partial charge >= 0.3 is 6.18 Å². The van der Waals surface area contributed by atoms with Crippen molar-refractivity contribution >= 4 is 29.4 Å². The molecule has 0 fully saturated rings. The summed E-state index contributed by atoms with van der Waals surface area (Å²) >= 11 is 4.31. The fourth-order valence-corrected chi connectivity index (χ4v) is 2.83. The Kier molecular flexibility index (Phi) is 4.70. The molecule has 1 amide bonds. The highest BCUT2D eigenvalue weighted by Crippen LogP contribution is 2.29. The lowest BCUT2D eigenvalue weighted by Gasteiger charge is -2.08. The maximum absolute atomic E-state index is 12.7. The van der Waals surface area contributed by atoms with Crippen LogP contribution >= 0.6 is 12.6 Å². The molecule has 1 aromatic heterocycles. The number of amides is 1. The Bertz CT molecular complexity index is 962. The fraction of sp³-hybridized carbons (Fsp3) is 0.222. The molecule has 1 heterocycles. The topological polar surface area (TPSA) is 38.1 Å². The summed E-state index contributed by atoms with van der Waals surface area (Å²) < 4.78 is 39.7. The summed E-state index contributed by atoms with van der Waals surface area (Å²) in [4.78, 5) is 14.5. The highest BCUT2D eigenvalue weighted by atomic mass is 32.1.